The summed E-state index contributed by atoms with van der Waals surface area (Å²) < 4.78 is 9.18. The normalized spacial score (nSPS) is 13.8. The van der Waals surface area contributed by atoms with Crippen LogP contribution < -0.4 is 14.5 Å². The van der Waals surface area contributed by atoms with E-state index in [0.29, 0.717) is 11.5 Å². The molecule has 9 rings (SSSR count). The molecule has 6 aromatic carbocycles. The summed E-state index contributed by atoms with van der Waals surface area (Å²) in [4.78, 5) is 9.58. The van der Waals surface area contributed by atoms with E-state index in [4.69, 9.17) is 9.72 Å². The first-order valence-electron chi connectivity index (χ1n) is 23.7. The minimum absolute atomic E-state index is 0. The van der Waals surface area contributed by atoms with Crippen molar-refractivity contribution in [1.29, 1.82) is 0 Å². The van der Waals surface area contributed by atoms with Crippen molar-refractivity contribution in [3.63, 3.8) is 0 Å². The number of fused-ring (bicyclic) bond motifs is 3. The van der Waals surface area contributed by atoms with Gasteiger partial charge in [0.15, 0.2) is 0 Å². The predicted octanol–water partition coefficient (Wildman–Crippen LogP) is 16.1. The number of hydrogen-bond donors (Lipinski definition) is 0. The molecule has 3 heterocycles. The van der Waals surface area contributed by atoms with Gasteiger partial charge in [0, 0.05) is 66.5 Å². The molecule has 0 aliphatic carbocycles. The van der Waals surface area contributed by atoms with Crippen molar-refractivity contribution in [2.24, 2.45) is 0 Å². The summed E-state index contributed by atoms with van der Waals surface area (Å²) in [7, 11) is 0. The molecule has 0 spiro atoms. The molecule has 0 amide bonds. The van der Waals surface area contributed by atoms with Crippen molar-refractivity contribution >= 4 is 33.2 Å². The van der Waals surface area contributed by atoms with Gasteiger partial charge < -0.3 is 19.1 Å². The van der Waals surface area contributed by atoms with E-state index in [0.717, 1.165) is 50.3 Å². The third-order valence-corrected chi connectivity index (χ3v) is 13.8. The van der Waals surface area contributed by atoms with Gasteiger partial charge in [0.2, 0.25) is 0 Å². The maximum Gasteiger partial charge on any atom is 0.135 e. The van der Waals surface area contributed by atoms with Gasteiger partial charge in [0.25, 0.3) is 0 Å². The number of pyridine rings is 1. The van der Waals surface area contributed by atoms with Crippen LogP contribution in [0.2, 0.25) is 0 Å². The van der Waals surface area contributed by atoms with Crippen LogP contribution in [0.25, 0.3) is 27.6 Å². The van der Waals surface area contributed by atoms with E-state index in [1.54, 1.807) is 0 Å². The van der Waals surface area contributed by atoms with Crippen LogP contribution in [-0.4, -0.2) is 9.55 Å². The fourth-order valence-electron chi connectivity index (χ4n) is 9.25. The smallest absolute Gasteiger partial charge is 0.135 e. The largest absolute Gasteiger partial charge is 0.509 e. The van der Waals surface area contributed by atoms with Crippen molar-refractivity contribution in [1.82, 2.24) is 9.55 Å². The van der Waals surface area contributed by atoms with Crippen molar-refractivity contribution in [2.75, 3.05) is 9.80 Å². The van der Waals surface area contributed by atoms with Gasteiger partial charge >= 0.3 is 0 Å². The maximum absolute atomic E-state index is 6.93. The molecule has 0 N–H and O–H groups in total. The Morgan fingerprint density at radius 1 is 0.500 bits per heavy atom. The Labute approximate surface area is 420 Å². The van der Waals surface area contributed by atoms with Gasteiger partial charge in [-0.15, -0.1) is 53.6 Å². The molecule has 2 aromatic heterocycles. The Bertz CT molecular complexity index is 3140. The minimum atomic E-state index is -0.326. The van der Waals surface area contributed by atoms with Gasteiger partial charge in [-0.05, 0) is 86.0 Å². The Kier molecular flexibility index (Phi) is 12.8. The number of benzene rings is 6. The third-order valence-electron chi connectivity index (χ3n) is 13.8. The van der Waals surface area contributed by atoms with Gasteiger partial charge in [-0.2, -0.15) is 6.07 Å². The van der Waals surface area contributed by atoms with E-state index in [-0.39, 0.29) is 48.1 Å². The first kappa shape index (κ1) is 48.6. The number of ether oxygens (including phenoxy) is 1. The first-order chi connectivity index (χ1) is 31.6. The van der Waals surface area contributed by atoms with Crippen molar-refractivity contribution < 1.29 is 25.8 Å². The van der Waals surface area contributed by atoms with Gasteiger partial charge in [-0.1, -0.05) is 180 Å². The predicted molar refractivity (Wildman–Crippen MR) is 281 cm³/mol. The number of aromatic nitrogens is 2. The fourth-order valence-corrected chi connectivity index (χ4v) is 9.25. The van der Waals surface area contributed by atoms with E-state index < -0.39 is 0 Å². The second-order valence-electron chi connectivity index (χ2n) is 22.5. The molecule has 0 bridgehead atoms. The second-order valence-corrected chi connectivity index (χ2v) is 22.5. The molecular weight excluding hydrogens is 1010 g/mol. The molecular formula is C62H65N4OPt-3. The summed E-state index contributed by atoms with van der Waals surface area (Å²) in [5.74, 6) is 2.07. The van der Waals surface area contributed by atoms with Crippen LogP contribution in [0.15, 0.2) is 158 Å². The number of hydrogen-bond acceptors (Lipinski definition) is 4. The SMILES string of the molecule is CC(C)(C)c1cc(Oc2[c-]c3c(cc2)c2cc(C(C)(C)C)ccc2n3-c2cc(C(C)(C)c3ccccc3)ccn2)[c-]c(N2C=C(C(C)(C)c3ccccc3)N(c3cccc(C(C)(C)C)c3)[CH-]2)c1.[Pt]. The van der Waals surface area contributed by atoms with E-state index in [9.17, 15) is 0 Å². The summed E-state index contributed by atoms with van der Waals surface area (Å²) in [5.41, 5.74) is 11.8. The van der Waals surface area contributed by atoms with Gasteiger partial charge in [0.1, 0.15) is 5.82 Å². The van der Waals surface area contributed by atoms with Crippen LogP contribution in [0.1, 0.15) is 123 Å². The first-order valence-corrected chi connectivity index (χ1v) is 23.7. The number of anilines is 2. The molecule has 8 aromatic rings. The molecule has 0 saturated carbocycles. The van der Waals surface area contributed by atoms with Crippen LogP contribution in [-0.2, 0) is 48.1 Å². The number of nitrogens with zero attached hydrogens (tertiary/aromatic N) is 4. The van der Waals surface area contributed by atoms with Crippen LogP contribution in [0.4, 0.5) is 11.4 Å². The average Bonchev–Trinajstić information content (AvgIpc) is 3.89. The van der Waals surface area contributed by atoms with E-state index in [1.807, 2.05) is 12.3 Å². The molecule has 352 valence electrons. The quantitative estimate of drug-likeness (QED) is 0.135. The number of allylic oxidation sites excluding steroid dienone is 1. The molecule has 0 unspecified atom stereocenters. The summed E-state index contributed by atoms with van der Waals surface area (Å²) in [6, 6.07) is 57.7. The average molecular weight is 1080 g/mol. The molecule has 0 radical (unpaired) electrons. The monoisotopic (exact) mass is 1080 g/mol. The zero-order valence-electron chi connectivity index (χ0n) is 42.0. The standard InChI is InChI=1S/C62H65N4O.Pt/c1-58(2,3)44-25-20-26-48(33-44)65-41-64(40-56(65)62(12,13)43-23-18-15-19-24-43)49-34-47(60(7,8)9)35-51(38-49)67-50-28-29-52-53-36-45(59(4,5)6)27-30-54(53)66(55(52)39-50)57-37-46(31-32-63-57)61(10,11)42-21-16-14-17-22-42;/h14-37,40-41H,1-13H3;/q-3;. The van der Waals surface area contributed by atoms with E-state index in [2.05, 4.69) is 263 Å². The molecule has 6 heteroatoms. The van der Waals surface area contributed by atoms with E-state index >= 15 is 0 Å². The Hall–Kier alpha value is -5.90. The summed E-state index contributed by atoms with van der Waals surface area (Å²) in [5, 5.41) is 2.25. The van der Waals surface area contributed by atoms with Gasteiger partial charge in [-0.25, -0.2) is 4.98 Å². The Balaban J connectivity index is 0.00000625. The second kappa shape index (κ2) is 17.9. The molecule has 0 fully saturated rings. The summed E-state index contributed by atoms with van der Waals surface area (Å²) in [6.45, 7) is 31.7. The summed E-state index contributed by atoms with van der Waals surface area (Å²) >= 11 is 0. The van der Waals surface area contributed by atoms with Gasteiger partial charge in [-0.3, -0.25) is 0 Å². The van der Waals surface area contributed by atoms with Crippen LogP contribution in [0.3, 0.4) is 0 Å². The molecule has 68 heavy (non-hydrogen) atoms. The van der Waals surface area contributed by atoms with Crippen LogP contribution in [0.5, 0.6) is 11.5 Å². The summed E-state index contributed by atoms with van der Waals surface area (Å²) in [6.07, 6.45) is 4.20. The zero-order chi connectivity index (χ0) is 47.7. The maximum atomic E-state index is 6.93. The zero-order valence-corrected chi connectivity index (χ0v) is 44.3. The molecule has 0 atom stereocenters. The fraction of sp³-hybridized carbons (Fsp3) is 0.290. The third kappa shape index (κ3) is 9.32. The van der Waals surface area contributed by atoms with E-state index in [1.165, 1.54) is 27.8 Å². The van der Waals surface area contributed by atoms with Crippen LogP contribution in [0, 0.1) is 18.8 Å². The van der Waals surface area contributed by atoms with Crippen molar-refractivity contribution in [3.05, 3.63) is 210 Å². The van der Waals surface area contributed by atoms with Crippen molar-refractivity contribution in [2.45, 2.75) is 117 Å². The topological polar surface area (TPSA) is 33.5 Å². The molecule has 1 aliphatic heterocycles. The molecule has 0 saturated heterocycles. The Morgan fingerprint density at radius 2 is 1.12 bits per heavy atom. The van der Waals surface area contributed by atoms with Gasteiger partial charge in [0.05, 0.1) is 0 Å². The minimum Gasteiger partial charge on any atom is -0.509 e. The Morgan fingerprint density at radius 3 is 1.76 bits per heavy atom. The number of rotatable bonds is 9. The van der Waals surface area contributed by atoms with Crippen molar-refractivity contribution in [3.8, 4) is 17.3 Å². The van der Waals surface area contributed by atoms with Crippen LogP contribution >= 0.6 is 0 Å². The molecule has 1 aliphatic rings. The molecule has 5 nitrogen and oxygen atoms in total.